The summed E-state index contributed by atoms with van der Waals surface area (Å²) in [4.78, 5) is 14.1. The molecule has 4 heterocycles. The predicted molar refractivity (Wildman–Crippen MR) is 322 cm³/mol. The van der Waals surface area contributed by atoms with Gasteiger partial charge in [-0.3, -0.25) is 4.98 Å². The van der Waals surface area contributed by atoms with E-state index in [1.807, 2.05) is 66.9 Å². The van der Waals surface area contributed by atoms with Gasteiger partial charge in [0.1, 0.15) is 11.1 Å². The van der Waals surface area contributed by atoms with E-state index in [9.17, 15) is 0 Å². The first-order valence-electron chi connectivity index (χ1n) is 26.4. The summed E-state index contributed by atoms with van der Waals surface area (Å²) in [6.07, 6.45) is 6.68. The molecule has 5 heteroatoms. The first-order valence-corrected chi connectivity index (χ1v) is 26.4. The zero-order valence-electron chi connectivity index (χ0n) is 43.1. The molecule has 4 nitrogen and oxygen atoms in total. The molecular formula is C75H45IrN3O-4. The number of hydrogen-bond donors (Lipinski definition) is 0. The summed E-state index contributed by atoms with van der Waals surface area (Å²) >= 11 is 0. The molecule has 0 amide bonds. The summed E-state index contributed by atoms with van der Waals surface area (Å²) < 4.78 is 6.21. The van der Waals surface area contributed by atoms with E-state index in [1.165, 1.54) is 5.56 Å². The number of para-hydroxylation sites is 1. The Bertz CT molecular complexity index is 4360. The minimum absolute atomic E-state index is 0. The molecule has 0 saturated heterocycles. The molecule has 14 rings (SSSR count). The third kappa shape index (κ3) is 9.67. The Hall–Kier alpha value is -9.90. The Balaban J connectivity index is 0.00000605. The van der Waals surface area contributed by atoms with Gasteiger partial charge in [-0.05, 0) is 104 Å². The summed E-state index contributed by atoms with van der Waals surface area (Å²) in [6.45, 7) is 0. The van der Waals surface area contributed by atoms with Gasteiger partial charge in [0, 0.05) is 31.7 Å². The van der Waals surface area contributed by atoms with Gasteiger partial charge in [0.2, 0.25) is 0 Å². The fraction of sp³-hybridized carbons (Fsp3) is 0. The normalized spacial score (nSPS) is 11.2. The standard InChI is InChI=1S/C75H45N3O.Ir/c1-2-15-50(16-3-1)51-27-33-55(34-28-51)70-48-57(72-41-42-74-75(78-72)69-24-10-11-26-73(69)79-74)39-40-68(70)67-23-9-8-22-66(67)61-46-59(64-20-6-4-18-62(64)53-31-29-52(30-32-53)58-17-14-43-76-49-58)45-60(47-61)65-21-7-5-19-63(65)54-35-37-56(38-36-54)71-25-12-13-44-77-71;/h1-29,31-37,40-48H;/q-4;. The van der Waals surface area contributed by atoms with Gasteiger partial charge in [0.05, 0.1) is 0 Å². The minimum Gasteiger partial charge on any atom is -0.454 e. The number of hydrogen-bond acceptors (Lipinski definition) is 4. The molecule has 379 valence electrons. The molecule has 4 aromatic heterocycles. The van der Waals surface area contributed by atoms with Gasteiger partial charge in [-0.15, -0.1) is 77.4 Å². The SMILES string of the molecule is [Ir].[c-]1ncccc1-c1[c-]cc(-c2ccccc2-c2cc(-c3ccccc3-c3c[c-]c(-c4ccccn4)cc3)cc(-c3ccccc3-c3c[c-]c(-c4ccc5oc6ccccc6c5n4)cc3-c3ccc(-c4ccccc4)cc3)c2)cc1. The molecule has 0 aliphatic rings. The summed E-state index contributed by atoms with van der Waals surface area (Å²) in [5, 5.41) is 0.987. The Morgan fingerprint density at radius 2 is 0.850 bits per heavy atom. The van der Waals surface area contributed by atoms with E-state index < -0.39 is 0 Å². The molecular weight excluding hydrogens is 1150 g/mol. The molecule has 0 spiro atoms. The Morgan fingerprint density at radius 3 is 1.48 bits per heavy atom. The van der Waals surface area contributed by atoms with E-state index in [-0.39, 0.29) is 20.1 Å². The molecule has 0 N–H and O–H groups in total. The third-order valence-electron chi connectivity index (χ3n) is 14.8. The van der Waals surface area contributed by atoms with Crippen molar-refractivity contribution in [2.24, 2.45) is 0 Å². The van der Waals surface area contributed by atoms with Crippen LogP contribution >= 0.6 is 0 Å². The zero-order chi connectivity index (χ0) is 52.5. The molecule has 0 saturated carbocycles. The van der Waals surface area contributed by atoms with Gasteiger partial charge >= 0.3 is 0 Å². The zero-order valence-corrected chi connectivity index (χ0v) is 45.5. The number of pyridine rings is 3. The van der Waals surface area contributed by atoms with Gasteiger partial charge in [-0.25, -0.2) is 11.1 Å². The second-order valence-electron chi connectivity index (χ2n) is 19.6. The molecule has 1 radical (unpaired) electrons. The average Bonchev–Trinajstić information content (AvgIpc) is 3.94. The van der Waals surface area contributed by atoms with Crippen LogP contribution in [0.25, 0.3) is 145 Å². The predicted octanol–water partition coefficient (Wildman–Crippen LogP) is 19.3. The van der Waals surface area contributed by atoms with Crippen LogP contribution in [0.15, 0.2) is 278 Å². The van der Waals surface area contributed by atoms with Gasteiger partial charge in [-0.2, -0.15) is 18.2 Å². The first-order chi connectivity index (χ1) is 39.1. The molecule has 0 fully saturated rings. The fourth-order valence-electron chi connectivity index (χ4n) is 10.9. The van der Waals surface area contributed by atoms with Crippen molar-refractivity contribution >= 4 is 22.1 Å². The molecule has 0 unspecified atom stereocenters. The number of benzene rings is 10. The number of rotatable bonds is 11. The van der Waals surface area contributed by atoms with Gasteiger partial charge in [0.25, 0.3) is 0 Å². The van der Waals surface area contributed by atoms with Crippen LogP contribution in [-0.2, 0) is 20.1 Å². The average molecular weight is 1200 g/mol. The van der Waals surface area contributed by atoms with Crippen LogP contribution in [0.4, 0.5) is 0 Å². The second kappa shape index (κ2) is 21.9. The molecule has 0 bridgehead atoms. The smallest absolute Gasteiger partial charge is 0.152 e. The van der Waals surface area contributed by atoms with E-state index in [0.717, 1.165) is 139 Å². The molecule has 80 heavy (non-hydrogen) atoms. The summed E-state index contributed by atoms with van der Waals surface area (Å²) in [5.74, 6) is 0. The molecule has 14 aromatic rings. The minimum atomic E-state index is 0. The van der Waals surface area contributed by atoms with E-state index in [0.29, 0.717) is 0 Å². The van der Waals surface area contributed by atoms with Crippen molar-refractivity contribution in [2.75, 3.05) is 0 Å². The summed E-state index contributed by atoms with van der Waals surface area (Å²) in [6, 6.07) is 103. The van der Waals surface area contributed by atoms with E-state index in [4.69, 9.17) is 9.40 Å². The molecule has 0 atom stereocenters. The quantitative estimate of drug-likeness (QED) is 0.121. The van der Waals surface area contributed by atoms with E-state index in [1.54, 1.807) is 6.20 Å². The largest absolute Gasteiger partial charge is 0.454 e. The molecule has 0 aliphatic carbocycles. The van der Waals surface area contributed by atoms with Gasteiger partial charge < -0.3 is 14.4 Å². The Morgan fingerprint density at radius 1 is 0.300 bits per heavy atom. The van der Waals surface area contributed by atoms with Crippen molar-refractivity contribution in [3.63, 3.8) is 0 Å². The molecule has 0 aliphatic heterocycles. The number of aromatic nitrogens is 3. The summed E-state index contributed by atoms with van der Waals surface area (Å²) in [5.41, 5.74) is 25.3. The van der Waals surface area contributed by atoms with Gasteiger partial charge in [0.15, 0.2) is 5.58 Å². The third-order valence-corrected chi connectivity index (χ3v) is 14.8. The van der Waals surface area contributed by atoms with Gasteiger partial charge in [-0.1, -0.05) is 203 Å². The van der Waals surface area contributed by atoms with Crippen molar-refractivity contribution in [2.45, 2.75) is 0 Å². The Kier molecular flexibility index (Phi) is 13.6. The monoisotopic (exact) mass is 1200 g/mol. The Labute approximate surface area is 478 Å². The van der Waals surface area contributed by atoms with E-state index >= 15 is 0 Å². The van der Waals surface area contributed by atoms with Crippen molar-refractivity contribution in [1.82, 2.24) is 15.0 Å². The topological polar surface area (TPSA) is 51.8 Å². The van der Waals surface area contributed by atoms with Crippen LogP contribution in [0.5, 0.6) is 0 Å². The maximum absolute atomic E-state index is 6.21. The first kappa shape index (κ1) is 49.7. The second-order valence-corrected chi connectivity index (χ2v) is 19.6. The van der Waals surface area contributed by atoms with Crippen molar-refractivity contribution in [1.29, 1.82) is 0 Å². The number of furan rings is 1. The number of fused-ring (bicyclic) bond motifs is 3. The maximum Gasteiger partial charge on any atom is 0.152 e. The van der Waals surface area contributed by atoms with Crippen LogP contribution in [0.1, 0.15) is 0 Å². The van der Waals surface area contributed by atoms with Crippen molar-refractivity contribution in [3.05, 3.63) is 298 Å². The molecule has 10 aromatic carbocycles. The maximum atomic E-state index is 6.21. The van der Waals surface area contributed by atoms with Crippen LogP contribution in [0.3, 0.4) is 0 Å². The van der Waals surface area contributed by atoms with Crippen LogP contribution in [-0.4, -0.2) is 15.0 Å². The van der Waals surface area contributed by atoms with Crippen LogP contribution in [0, 0.1) is 24.4 Å². The fourth-order valence-corrected chi connectivity index (χ4v) is 10.9. The summed E-state index contributed by atoms with van der Waals surface area (Å²) in [7, 11) is 0. The van der Waals surface area contributed by atoms with Crippen molar-refractivity contribution < 1.29 is 24.5 Å². The van der Waals surface area contributed by atoms with Crippen molar-refractivity contribution in [3.8, 4) is 123 Å². The number of nitrogens with zero attached hydrogens (tertiary/aromatic N) is 3. The van der Waals surface area contributed by atoms with Crippen LogP contribution < -0.4 is 0 Å². The van der Waals surface area contributed by atoms with Crippen LogP contribution in [0.2, 0.25) is 0 Å². The van der Waals surface area contributed by atoms with E-state index in [2.05, 4.69) is 235 Å².